The first kappa shape index (κ1) is 10.8. The lowest BCUT2D eigenvalue weighted by Crippen LogP contribution is -2.26. The Morgan fingerprint density at radius 1 is 1.29 bits per heavy atom. The van der Waals surface area contributed by atoms with E-state index in [2.05, 4.69) is 0 Å². The van der Waals surface area contributed by atoms with Crippen molar-refractivity contribution in [3.63, 3.8) is 0 Å². The summed E-state index contributed by atoms with van der Waals surface area (Å²) >= 11 is 0. The second kappa shape index (κ2) is 3.82. The summed E-state index contributed by atoms with van der Waals surface area (Å²) in [6.45, 7) is 5.42. The first-order valence-electron chi connectivity index (χ1n) is 4.64. The highest BCUT2D eigenvalue weighted by molar-refractivity contribution is 5.87. The largest absolute Gasteiger partial charge is 0.496 e. The third-order valence-corrected chi connectivity index (χ3v) is 2.66. The molecule has 0 saturated carbocycles. The zero-order valence-corrected chi connectivity index (χ0v) is 9.13. The number of methoxy groups -OCH3 is 1. The average molecular weight is 192 g/mol. The highest BCUT2D eigenvalue weighted by Gasteiger charge is 2.28. The molecular formula is C12H16O2. The molecule has 2 nitrogen and oxygen atoms in total. The van der Waals surface area contributed by atoms with Crippen LogP contribution in [0.4, 0.5) is 0 Å². The second-order valence-electron chi connectivity index (χ2n) is 3.88. The van der Waals surface area contributed by atoms with Gasteiger partial charge in [-0.3, -0.25) is 4.79 Å². The number of Topliss-reactive ketones (excluding diaryl/α,β-unsaturated/α-hetero) is 1. The topological polar surface area (TPSA) is 26.3 Å². The van der Waals surface area contributed by atoms with Crippen LogP contribution in [0.2, 0.25) is 0 Å². The Balaban J connectivity index is 3.24. The lowest BCUT2D eigenvalue weighted by atomic mass is 9.81. The maximum atomic E-state index is 11.5. The molecule has 0 bridgehead atoms. The van der Waals surface area contributed by atoms with E-state index in [0.29, 0.717) is 0 Å². The predicted octanol–water partition coefficient (Wildman–Crippen LogP) is 2.56. The van der Waals surface area contributed by atoms with Crippen LogP contribution in [0.1, 0.15) is 26.3 Å². The van der Waals surface area contributed by atoms with Crippen molar-refractivity contribution in [2.45, 2.75) is 26.2 Å². The Labute approximate surface area is 84.9 Å². The molecule has 0 unspecified atom stereocenters. The third-order valence-electron chi connectivity index (χ3n) is 2.66. The number of para-hydroxylation sites is 1. The van der Waals surface area contributed by atoms with Gasteiger partial charge in [0.25, 0.3) is 0 Å². The number of carbonyl (C=O) groups excluding carboxylic acids is 1. The van der Waals surface area contributed by atoms with Crippen molar-refractivity contribution in [2.75, 3.05) is 7.11 Å². The normalized spacial score (nSPS) is 11.1. The molecule has 1 aromatic rings. The summed E-state index contributed by atoms with van der Waals surface area (Å²) < 4.78 is 5.23. The lowest BCUT2D eigenvalue weighted by Gasteiger charge is -2.23. The Kier molecular flexibility index (Phi) is 2.94. The fourth-order valence-electron chi connectivity index (χ4n) is 1.35. The molecule has 0 spiro atoms. The molecule has 0 saturated heterocycles. The molecule has 0 aliphatic heterocycles. The van der Waals surface area contributed by atoms with Crippen molar-refractivity contribution in [1.82, 2.24) is 0 Å². The van der Waals surface area contributed by atoms with E-state index < -0.39 is 5.41 Å². The molecule has 1 aromatic carbocycles. The van der Waals surface area contributed by atoms with Crippen LogP contribution >= 0.6 is 0 Å². The molecule has 0 aromatic heterocycles. The number of ketones is 1. The van der Waals surface area contributed by atoms with E-state index in [1.165, 1.54) is 0 Å². The Morgan fingerprint density at radius 2 is 1.86 bits per heavy atom. The van der Waals surface area contributed by atoms with Crippen LogP contribution in [0.15, 0.2) is 24.3 Å². The van der Waals surface area contributed by atoms with E-state index in [1.807, 2.05) is 38.1 Å². The van der Waals surface area contributed by atoms with Gasteiger partial charge in [0.2, 0.25) is 0 Å². The van der Waals surface area contributed by atoms with E-state index in [1.54, 1.807) is 14.0 Å². The molecule has 1 rings (SSSR count). The van der Waals surface area contributed by atoms with E-state index >= 15 is 0 Å². The standard InChI is InChI=1S/C12H16O2/c1-9(13)12(2,3)10-7-5-6-8-11(10)14-4/h5-8H,1-4H3. The lowest BCUT2D eigenvalue weighted by molar-refractivity contribution is -0.121. The molecule has 0 heterocycles. The van der Waals surface area contributed by atoms with Gasteiger partial charge in [0.05, 0.1) is 12.5 Å². The minimum absolute atomic E-state index is 0.141. The van der Waals surface area contributed by atoms with Gasteiger partial charge in [0.15, 0.2) is 0 Å². The Morgan fingerprint density at radius 3 is 2.36 bits per heavy atom. The Bertz CT molecular complexity index is 340. The van der Waals surface area contributed by atoms with Gasteiger partial charge in [-0.1, -0.05) is 18.2 Å². The molecule has 0 aliphatic carbocycles. The van der Waals surface area contributed by atoms with Crippen LogP contribution in [0.25, 0.3) is 0 Å². The van der Waals surface area contributed by atoms with Gasteiger partial charge in [-0.2, -0.15) is 0 Å². The van der Waals surface area contributed by atoms with Gasteiger partial charge >= 0.3 is 0 Å². The summed E-state index contributed by atoms with van der Waals surface area (Å²) in [5.41, 5.74) is 0.460. The molecule has 14 heavy (non-hydrogen) atoms. The van der Waals surface area contributed by atoms with Crippen molar-refractivity contribution in [3.8, 4) is 5.75 Å². The van der Waals surface area contributed by atoms with Gasteiger partial charge in [-0.25, -0.2) is 0 Å². The smallest absolute Gasteiger partial charge is 0.139 e. The number of carbonyl (C=O) groups is 1. The number of hydrogen-bond acceptors (Lipinski definition) is 2. The monoisotopic (exact) mass is 192 g/mol. The van der Waals surface area contributed by atoms with E-state index in [9.17, 15) is 4.79 Å². The third kappa shape index (κ3) is 1.79. The first-order valence-corrected chi connectivity index (χ1v) is 4.64. The number of benzene rings is 1. The minimum Gasteiger partial charge on any atom is -0.496 e. The van der Waals surface area contributed by atoms with Crippen molar-refractivity contribution in [3.05, 3.63) is 29.8 Å². The zero-order valence-electron chi connectivity index (χ0n) is 9.13. The summed E-state index contributed by atoms with van der Waals surface area (Å²) in [5, 5.41) is 0. The first-order chi connectivity index (χ1) is 6.50. The van der Waals surface area contributed by atoms with Crippen LogP contribution in [-0.4, -0.2) is 12.9 Å². The predicted molar refractivity (Wildman–Crippen MR) is 56.7 cm³/mol. The number of ether oxygens (including phenoxy) is 1. The number of rotatable bonds is 3. The summed E-state index contributed by atoms with van der Waals surface area (Å²) in [6.07, 6.45) is 0. The molecule has 2 heteroatoms. The van der Waals surface area contributed by atoms with Gasteiger partial charge in [-0.15, -0.1) is 0 Å². The van der Waals surface area contributed by atoms with Crippen molar-refractivity contribution in [1.29, 1.82) is 0 Å². The molecule has 0 fully saturated rings. The van der Waals surface area contributed by atoms with Gasteiger partial charge < -0.3 is 4.74 Å². The molecular weight excluding hydrogens is 176 g/mol. The van der Waals surface area contributed by atoms with Crippen LogP contribution in [0, 0.1) is 0 Å². The molecule has 0 atom stereocenters. The quantitative estimate of drug-likeness (QED) is 0.735. The van der Waals surface area contributed by atoms with Crippen molar-refractivity contribution >= 4 is 5.78 Å². The summed E-state index contributed by atoms with van der Waals surface area (Å²) in [7, 11) is 1.62. The maximum absolute atomic E-state index is 11.5. The SMILES string of the molecule is COc1ccccc1C(C)(C)C(C)=O. The fraction of sp³-hybridized carbons (Fsp3) is 0.417. The zero-order chi connectivity index (χ0) is 10.8. The van der Waals surface area contributed by atoms with E-state index in [4.69, 9.17) is 4.74 Å². The van der Waals surface area contributed by atoms with Crippen LogP contribution in [0.5, 0.6) is 5.75 Å². The van der Waals surface area contributed by atoms with Gasteiger partial charge in [0.1, 0.15) is 11.5 Å². The Hall–Kier alpha value is -1.31. The maximum Gasteiger partial charge on any atom is 0.139 e. The summed E-state index contributed by atoms with van der Waals surface area (Å²) in [4.78, 5) is 11.5. The van der Waals surface area contributed by atoms with E-state index in [-0.39, 0.29) is 5.78 Å². The van der Waals surface area contributed by atoms with Gasteiger partial charge in [0, 0.05) is 5.56 Å². The van der Waals surface area contributed by atoms with Crippen LogP contribution < -0.4 is 4.74 Å². The summed E-state index contributed by atoms with van der Waals surface area (Å²) in [5.74, 6) is 0.912. The molecule has 0 radical (unpaired) electrons. The van der Waals surface area contributed by atoms with Gasteiger partial charge in [-0.05, 0) is 26.8 Å². The van der Waals surface area contributed by atoms with Crippen molar-refractivity contribution in [2.24, 2.45) is 0 Å². The number of hydrogen-bond donors (Lipinski definition) is 0. The van der Waals surface area contributed by atoms with E-state index in [0.717, 1.165) is 11.3 Å². The average Bonchev–Trinajstić information content (AvgIpc) is 2.17. The van der Waals surface area contributed by atoms with Crippen LogP contribution in [-0.2, 0) is 10.2 Å². The molecule has 0 aliphatic rings. The highest BCUT2D eigenvalue weighted by atomic mass is 16.5. The highest BCUT2D eigenvalue weighted by Crippen LogP contribution is 2.31. The second-order valence-corrected chi connectivity index (χ2v) is 3.88. The molecule has 0 N–H and O–H groups in total. The molecule has 76 valence electrons. The summed E-state index contributed by atoms with van der Waals surface area (Å²) in [6, 6.07) is 7.63. The van der Waals surface area contributed by atoms with Crippen LogP contribution in [0.3, 0.4) is 0 Å². The minimum atomic E-state index is -0.480. The van der Waals surface area contributed by atoms with Crippen molar-refractivity contribution < 1.29 is 9.53 Å². The fourth-order valence-corrected chi connectivity index (χ4v) is 1.35. The molecule has 0 amide bonds.